The summed E-state index contributed by atoms with van der Waals surface area (Å²) < 4.78 is 12.1. The molecule has 0 radical (unpaired) electrons. The molecular formula is C19H34O3. The molecule has 0 aromatic heterocycles. The van der Waals surface area contributed by atoms with Crippen LogP contribution in [0.4, 0.5) is 0 Å². The summed E-state index contributed by atoms with van der Waals surface area (Å²) in [6.07, 6.45) is 11.1. The molecule has 0 N–H and O–H groups in total. The molecule has 0 spiro atoms. The first kappa shape index (κ1) is 17.9. The zero-order valence-corrected chi connectivity index (χ0v) is 14.7. The summed E-state index contributed by atoms with van der Waals surface area (Å²) in [5.74, 6) is 0.952. The van der Waals surface area contributed by atoms with Crippen molar-refractivity contribution >= 4 is 5.78 Å². The van der Waals surface area contributed by atoms with E-state index in [1.165, 1.54) is 38.5 Å². The Kier molecular flexibility index (Phi) is 6.88. The summed E-state index contributed by atoms with van der Waals surface area (Å²) in [7, 11) is 0. The van der Waals surface area contributed by atoms with E-state index in [9.17, 15) is 4.79 Å². The lowest BCUT2D eigenvalue weighted by atomic mass is 9.66. The van der Waals surface area contributed by atoms with Crippen molar-refractivity contribution in [1.29, 1.82) is 0 Å². The fourth-order valence-corrected chi connectivity index (χ4v) is 4.55. The van der Waals surface area contributed by atoms with E-state index in [4.69, 9.17) is 9.47 Å². The molecule has 128 valence electrons. The smallest absolute Gasteiger partial charge is 0.155 e. The van der Waals surface area contributed by atoms with Gasteiger partial charge in [-0.2, -0.15) is 0 Å². The monoisotopic (exact) mass is 310 g/mol. The lowest BCUT2D eigenvalue weighted by Crippen LogP contribution is -2.52. The Morgan fingerprint density at radius 2 is 1.86 bits per heavy atom. The summed E-state index contributed by atoms with van der Waals surface area (Å²) >= 11 is 0. The molecule has 0 aromatic rings. The van der Waals surface area contributed by atoms with Crippen LogP contribution in [0.5, 0.6) is 0 Å². The minimum Gasteiger partial charge on any atom is -0.353 e. The average Bonchev–Trinajstić information content (AvgIpc) is 2.44. The molecule has 0 bridgehead atoms. The van der Waals surface area contributed by atoms with Gasteiger partial charge in [0.2, 0.25) is 0 Å². The summed E-state index contributed by atoms with van der Waals surface area (Å²) in [6, 6.07) is 0. The van der Waals surface area contributed by atoms with Gasteiger partial charge in [-0.25, -0.2) is 0 Å². The third kappa shape index (κ3) is 4.55. The molecule has 3 nitrogen and oxygen atoms in total. The SMILES string of the molecule is CCOC(C)OC12CCCCCCCCC1C(=O)CC(C)C2. The number of fused-ring (bicyclic) bond motifs is 1. The number of ether oxygens (including phenoxy) is 2. The van der Waals surface area contributed by atoms with Crippen LogP contribution in [0.2, 0.25) is 0 Å². The molecule has 2 rings (SSSR count). The Hall–Kier alpha value is -0.410. The highest BCUT2D eigenvalue weighted by atomic mass is 16.7. The number of hydrogen-bond donors (Lipinski definition) is 0. The minimum atomic E-state index is -0.277. The van der Waals surface area contributed by atoms with Crippen LogP contribution >= 0.6 is 0 Å². The van der Waals surface area contributed by atoms with Crippen molar-refractivity contribution in [2.75, 3.05) is 6.61 Å². The van der Waals surface area contributed by atoms with Crippen LogP contribution in [0.3, 0.4) is 0 Å². The first-order valence-electron chi connectivity index (χ1n) is 9.39. The van der Waals surface area contributed by atoms with E-state index in [2.05, 4.69) is 6.92 Å². The van der Waals surface area contributed by atoms with Gasteiger partial charge in [-0.15, -0.1) is 0 Å². The molecule has 2 fully saturated rings. The Labute approximate surface area is 136 Å². The van der Waals surface area contributed by atoms with Crippen molar-refractivity contribution in [2.24, 2.45) is 11.8 Å². The second-order valence-corrected chi connectivity index (χ2v) is 7.40. The molecule has 0 aliphatic heterocycles. The number of Topliss-reactive ketones (excluding diaryl/α,β-unsaturated/α-hetero) is 1. The van der Waals surface area contributed by atoms with Crippen LogP contribution in [0, 0.1) is 11.8 Å². The molecule has 0 heterocycles. The van der Waals surface area contributed by atoms with Gasteiger partial charge in [-0.05, 0) is 39.0 Å². The normalized spacial score (nSPS) is 35.7. The van der Waals surface area contributed by atoms with Gasteiger partial charge in [0.25, 0.3) is 0 Å². The third-order valence-electron chi connectivity index (χ3n) is 5.41. The Bertz CT molecular complexity index is 355. The van der Waals surface area contributed by atoms with Gasteiger partial charge in [-0.3, -0.25) is 4.79 Å². The van der Waals surface area contributed by atoms with E-state index in [-0.39, 0.29) is 17.8 Å². The molecule has 22 heavy (non-hydrogen) atoms. The van der Waals surface area contributed by atoms with Gasteiger partial charge < -0.3 is 9.47 Å². The zero-order chi connectivity index (χ0) is 16.0. The minimum absolute atomic E-state index is 0.0877. The number of hydrogen-bond acceptors (Lipinski definition) is 3. The highest BCUT2D eigenvalue weighted by Crippen LogP contribution is 2.45. The largest absolute Gasteiger partial charge is 0.353 e. The molecule has 2 aliphatic rings. The van der Waals surface area contributed by atoms with Crippen molar-refractivity contribution in [3.63, 3.8) is 0 Å². The maximum Gasteiger partial charge on any atom is 0.155 e. The van der Waals surface area contributed by atoms with E-state index in [0.717, 1.165) is 25.7 Å². The first-order valence-corrected chi connectivity index (χ1v) is 9.39. The van der Waals surface area contributed by atoms with E-state index in [1.807, 2.05) is 13.8 Å². The van der Waals surface area contributed by atoms with Crippen molar-refractivity contribution in [1.82, 2.24) is 0 Å². The number of carbonyl (C=O) groups is 1. The summed E-state index contributed by atoms with van der Waals surface area (Å²) in [5, 5.41) is 0. The van der Waals surface area contributed by atoms with E-state index >= 15 is 0 Å². The number of rotatable bonds is 4. The van der Waals surface area contributed by atoms with Crippen molar-refractivity contribution < 1.29 is 14.3 Å². The second-order valence-electron chi connectivity index (χ2n) is 7.40. The Morgan fingerprint density at radius 3 is 2.59 bits per heavy atom. The molecule has 2 saturated carbocycles. The highest BCUT2D eigenvalue weighted by Gasteiger charge is 2.48. The summed E-state index contributed by atoms with van der Waals surface area (Å²) in [6.45, 7) is 6.84. The Balaban J connectivity index is 2.20. The van der Waals surface area contributed by atoms with Crippen molar-refractivity contribution in [3.05, 3.63) is 0 Å². The second kappa shape index (κ2) is 8.44. The van der Waals surface area contributed by atoms with Gasteiger partial charge in [0.05, 0.1) is 5.60 Å². The molecule has 4 unspecified atom stereocenters. The lowest BCUT2D eigenvalue weighted by molar-refractivity contribution is -0.232. The van der Waals surface area contributed by atoms with Crippen LogP contribution in [0.25, 0.3) is 0 Å². The van der Waals surface area contributed by atoms with Crippen LogP contribution in [-0.2, 0) is 14.3 Å². The van der Waals surface area contributed by atoms with Crippen molar-refractivity contribution in [2.45, 2.75) is 96.9 Å². The van der Waals surface area contributed by atoms with E-state index in [1.54, 1.807) is 0 Å². The Morgan fingerprint density at radius 1 is 1.18 bits per heavy atom. The quantitative estimate of drug-likeness (QED) is 0.695. The fraction of sp³-hybridized carbons (Fsp3) is 0.947. The maximum absolute atomic E-state index is 12.7. The molecule has 4 atom stereocenters. The number of carbonyl (C=O) groups excluding carboxylic acids is 1. The van der Waals surface area contributed by atoms with Gasteiger partial charge in [0, 0.05) is 18.9 Å². The molecule has 3 heteroatoms. The van der Waals surface area contributed by atoms with Crippen LogP contribution in [0.15, 0.2) is 0 Å². The van der Waals surface area contributed by atoms with E-state index < -0.39 is 0 Å². The van der Waals surface area contributed by atoms with Gasteiger partial charge in [0.15, 0.2) is 6.29 Å². The average molecular weight is 310 g/mol. The zero-order valence-electron chi connectivity index (χ0n) is 14.7. The standard InChI is InChI=1S/C19H34O3/c1-4-21-16(3)22-19-12-10-8-6-5-7-9-11-17(19)18(20)13-15(2)14-19/h15-17H,4-14H2,1-3H3. The van der Waals surface area contributed by atoms with Crippen LogP contribution in [0.1, 0.15) is 85.0 Å². The number of ketones is 1. The summed E-state index contributed by atoms with van der Waals surface area (Å²) in [4.78, 5) is 12.7. The predicted molar refractivity (Wildman–Crippen MR) is 88.7 cm³/mol. The van der Waals surface area contributed by atoms with Crippen molar-refractivity contribution in [3.8, 4) is 0 Å². The summed E-state index contributed by atoms with van der Waals surface area (Å²) in [5.41, 5.74) is -0.277. The van der Waals surface area contributed by atoms with Gasteiger partial charge in [0.1, 0.15) is 5.78 Å². The molecule has 0 aromatic carbocycles. The lowest BCUT2D eigenvalue weighted by Gasteiger charge is -2.47. The van der Waals surface area contributed by atoms with E-state index in [0.29, 0.717) is 18.3 Å². The molecule has 2 aliphatic carbocycles. The molecule has 0 amide bonds. The third-order valence-corrected chi connectivity index (χ3v) is 5.41. The maximum atomic E-state index is 12.7. The van der Waals surface area contributed by atoms with Gasteiger partial charge in [-0.1, -0.05) is 45.4 Å². The highest BCUT2D eigenvalue weighted by molar-refractivity contribution is 5.83. The van der Waals surface area contributed by atoms with Crippen LogP contribution < -0.4 is 0 Å². The molecular weight excluding hydrogens is 276 g/mol. The topological polar surface area (TPSA) is 35.5 Å². The molecule has 0 saturated heterocycles. The fourth-order valence-electron chi connectivity index (χ4n) is 4.55. The first-order chi connectivity index (χ1) is 10.6. The van der Waals surface area contributed by atoms with Crippen LogP contribution in [-0.4, -0.2) is 24.3 Å². The van der Waals surface area contributed by atoms with Gasteiger partial charge >= 0.3 is 0 Å². The predicted octanol–water partition coefficient (Wildman–Crippen LogP) is 4.87.